The Morgan fingerprint density at radius 2 is 1.81 bits per heavy atom. The van der Waals surface area contributed by atoms with Crippen LogP contribution in [0.2, 0.25) is 10.0 Å². The minimum atomic E-state index is 0.563. The molecule has 0 saturated heterocycles. The standard InChI is InChI=1S/C20H20Cl2N2O2/c21-13-10-15(22)19-14(3-1-2-6-23)20(24-16(19)11-13)12-4-5-17-18(9-12)26-8-7-25-17/h4-5,9-11,24H,1-3,6-8,23H2. The SMILES string of the molecule is NCCCCc1c(-c2ccc3c(c2)OCCO3)[nH]c2cc(Cl)cc(Cl)c12. The summed E-state index contributed by atoms with van der Waals surface area (Å²) in [7, 11) is 0. The number of hydrogen-bond donors (Lipinski definition) is 2. The number of aryl methyl sites for hydroxylation is 1. The van der Waals surface area contributed by atoms with Crippen molar-refractivity contribution in [1.29, 1.82) is 0 Å². The van der Waals surface area contributed by atoms with Crippen LogP contribution in [0, 0.1) is 0 Å². The summed E-state index contributed by atoms with van der Waals surface area (Å²) < 4.78 is 11.4. The predicted octanol–water partition coefficient (Wildman–Crippen LogP) is 5.19. The maximum absolute atomic E-state index is 6.52. The molecule has 1 aliphatic rings. The summed E-state index contributed by atoms with van der Waals surface area (Å²) in [6, 6.07) is 9.71. The first kappa shape index (κ1) is 17.5. The lowest BCUT2D eigenvalue weighted by Crippen LogP contribution is -2.15. The van der Waals surface area contributed by atoms with Crippen LogP contribution < -0.4 is 15.2 Å². The Bertz CT molecular complexity index is 953. The summed E-state index contributed by atoms with van der Waals surface area (Å²) in [5.74, 6) is 1.55. The van der Waals surface area contributed by atoms with Gasteiger partial charge >= 0.3 is 0 Å². The predicted molar refractivity (Wildman–Crippen MR) is 107 cm³/mol. The molecule has 26 heavy (non-hydrogen) atoms. The van der Waals surface area contributed by atoms with E-state index in [9.17, 15) is 0 Å². The minimum Gasteiger partial charge on any atom is -0.486 e. The van der Waals surface area contributed by atoms with Gasteiger partial charge in [0, 0.05) is 27.2 Å². The van der Waals surface area contributed by atoms with Gasteiger partial charge < -0.3 is 20.2 Å². The van der Waals surface area contributed by atoms with E-state index in [0.717, 1.165) is 52.9 Å². The lowest BCUT2D eigenvalue weighted by molar-refractivity contribution is 0.171. The summed E-state index contributed by atoms with van der Waals surface area (Å²) in [6.45, 7) is 1.83. The highest BCUT2D eigenvalue weighted by Gasteiger charge is 2.19. The molecule has 0 amide bonds. The summed E-state index contributed by atoms with van der Waals surface area (Å²) >= 11 is 12.7. The van der Waals surface area contributed by atoms with Crippen LogP contribution in [0.25, 0.3) is 22.2 Å². The molecular weight excluding hydrogens is 371 g/mol. The smallest absolute Gasteiger partial charge is 0.162 e. The Kier molecular flexibility index (Phi) is 4.98. The lowest BCUT2D eigenvalue weighted by Gasteiger charge is -2.19. The van der Waals surface area contributed by atoms with E-state index >= 15 is 0 Å². The zero-order valence-corrected chi connectivity index (χ0v) is 15.8. The van der Waals surface area contributed by atoms with E-state index in [1.165, 1.54) is 5.56 Å². The van der Waals surface area contributed by atoms with Gasteiger partial charge in [0.25, 0.3) is 0 Å². The number of hydrogen-bond acceptors (Lipinski definition) is 3. The molecule has 0 unspecified atom stereocenters. The molecule has 4 rings (SSSR count). The van der Waals surface area contributed by atoms with Crippen molar-refractivity contribution in [3.8, 4) is 22.8 Å². The highest BCUT2D eigenvalue weighted by molar-refractivity contribution is 6.39. The molecule has 2 heterocycles. The number of rotatable bonds is 5. The number of ether oxygens (including phenoxy) is 2. The van der Waals surface area contributed by atoms with Gasteiger partial charge in [-0.25, -0.2) is 0 Å². The average Bonchev–Trinajstić information content (AvgIpc) is 3.00. The van der Waals surface area contributed by atoms with Gasteiger partial charge in [-0.2, -0.15) is 0 Å². The molecule has 0 bridgehead atoms. The summed E-state index contributed by atoms with van der Waals surface area (Å²) in [5, 5.41) is 2.30. The second-order valence-corrected chi connectivity index (χ2v) is 7.24. The van der Waals surface area contributed by atoms with E-state index in [4.69, 9.17) is 38.4 Å². The second kappa shape index (κ2) is 7.39. The van der Waals surface area contributed by atoms with Gasteiger partial charge in [-0.05, 0) is 61.7 Å². The van der Waals surface area contributed by atoms with Gasteiger partial charge in [0.15, 0.2) is 11.5 Å². The van der Waals surface area contributed by atoms with Crippen molar-refractivity contribution >= 4 is 34.1 Å². The topological polar surface area (TPSA) is 60.3 Å². The lowest BCUT2D eigenvalue weighted by atomic mass is 10.00. The number of benzene rings is 2. The number of H-pyrrole nitrogens is 1. The Hall–Kier alpha value is -1.88. The highest BCUT2D eigenvalue weighted by atomic mass is 35.5. The molecule has 4 nitrogen and oxygen atoms in total. The normalized spacial score (nSPS) is 13.3. The highest BCUT2D eigenvalue weighted by Crippen LogP contribution is 2.40. The van der Waals surface area contributed by atoms with Crippen LogP contribution in [0.3, 0.4) is 0 Å². The van der Waals surface area contributed by atoms with Gasteiger partial charge in [0.05, 0.1) is 5.02 Å². The van der Waals surface area contributed by atoms with Gasteiger partial charge in [0.1, 0.15) is 13.2 Å². The fourth-order valence-corrected chi connectivity index (χ4v) is 4.06. The minimum absolute atomic E-state index is 0.563. The molecule has 3 N–H and O–H groups in total. The number of fused-ring (bicyclic) bond motifs is 2. The fourth-order valence-electron chi connectivity index (χ4n) is 3.46. The van der Waals surface area contributed by atoms with E-state index in [2.05, 4.69) is 4.98 Å². The van der Waals surface area contributed by atoms with Crippen molar-refractivity contribution in [2.45, 2.75) is 19.3 Å². The quantitative estimate of drug-likeness (QED) is 0.588. The van der Waals surface area contributed by atoms with Crippen LogP contribution in [-0.4, -0.2) is 24.7 Å². The van der Waals surface area contributed by atoms with Crippen molar-refractivity contribution in [3.05, 3.63) is 45.9 Å². The maximum Gasteiger partial charge on any atom is 0.162 e. The molecular formula is C20H20Cl2N2O2. The molecule has 1 aromatic heterocycles. The molecule has 2 aromatic carbocycles. The van der Waals surface area contributed by atoms with Crippen LogP contribution in [0.1, 0.15) is 18.4 Å². The van der Waals surface area contributed by atoms with E-state index < -0.39 is 0 Å². The molecule has 0 spiro atoms. The molecule has 0 radical (unpaired) electrons. The van der Waals surface area contributed by atoms with Crippen molar-refractivity contribution in [2.75, 3.05) is 19.8 Å². The second-order valence-electron chi connectivity index (χ2n) is 6.39. The zero-order valence-electron chi connectivity index (χ0n) is 14.3. The zero-order chi connectivity index (χ0) is 18.1. The molecule has 0 saturated carbocycles. The molecule has 136 valence electrons. The first-order valence-electron chi connectivity index (χ1n) is 8.77. The van der Waals surface area contributed by atoms with Crippen molar-refractivity contribution in [2.24, 2.45) is 5.73 Å². The number of nitrogens with two attached hydrogens (primary N) is 1. The molecule has 0 fully saturated rings. The third-order valence-corrected chi connectivity index (χ3v) is 5.15. The maximum atomic E-state index is 6.52. The van der Waals surface area contributed by atoms with Gasteiger partial charge in [0.2, 0.25) is 0 Å². The molecule has 1 aliphatic heterocycles. The number of aromatic amines is 1. The summed E-state index contributed by atoms with van der Waals surface area (Å²) in [5.41, 5.74) is 9.88. The monoisotopic (exact) mass is 390 g/mol. The van der Waals surface area contributed by atoms with E-state index in [1.807, 2.05) is 24.3 Å². The third kappa shape index (κ3) is 3.25. The molecule has 3 aromatic rings. The van der Waals surface area contributed by atoms with Crippen molar-refractivity contribution in [3.63, 3.8) is 0 Å². The molecule has 0 aliphatic carbocycles. The fraction of sp³-hybridized carbons (Fsp3) is 0.300. The number of aromatic nitrogens is 1. The van der Waals surface area contributed by atoms with E-state index in [1.54, 1.807) is 6.07 Å². The molecule has 6 heteroatoms. The van der Waals surface area contributed by atoms with Gasteiger partial charge in [-0.1, -0.05) is 23.2 Å². The van der Waals surface area contributed by atoms with Crippen molar-refractivity contribution < 1.29 is 9.47 Å². The number of nitrogens with one attached hydrogen (secondary N) is 1. The third-order valence-electron chi connectivity index (χ3n) is 4.63. The summed E-state index contributed by atoms with van der Waals surface area (Å²) in [6.07, 6.45) is 2.86. The van der Waals surface area contributed by atoms with Crippen molar-refractivity contribution in [1.82, 2.24) is 4.98 Å². The van der Waals surface area contributed by atoms with E-state index in [-0.39, 0.29) is 0 Å². The Morgan fingerprint density at radius 3 is 2.62 bits per heavy atom. The Labute approximate surface area is 162 Å². The average molecular weight is 391 g/mol. The summed E-state index contributed by atoms with van der Waals surface area (Å²) in [4.78, 5) is 3.50. The molecule has 0 atom stereocenters. The van der Waals surface area contributed by atoms with E-state index in [0.29, 0.717) is 29.8 Å². The van der Waals surface area contributed by atoms with Crippen LogP contribution in [-0.2, 0) is 6.42 Å². The first-order chi connectivity index (χ1) is 12.7. The van der Waals surface area contributed by atoms with Crippen LogP contribution in [0.5, 0.6) is 11.5 Å². The first-order valence-corrected chi connectivity index (χ1v) is 9.52. The largest absolute Gasteiger partial charge is 0.486 e. The Balaban J connectivity index is 1.85. The number of halogens is 2. The Morgan fingerprint density at radius 1 is 1.00 bits per heavy atom. The number of unbranched alkanes of at least 4 members (excludes halogenated alkanes) is 1. The van der Waals surface area contributed by atoms with Crippen LogP contribution in [0.15, 0.2) is 30.3 Å². The van der Waals surface area contributed by atoms with Crippen LogP contribution >= 0.6 is 23.2 Å². The van der Waals surface area contributed by atoms with Gasteiger partial charge in [-0.15, -0.1) is 0 Å². The van der Waals surface area contributed by atoms with Crippen LogP contribution in [0.4, 0.5) is 0 Å². The van der Waals surface area contributed by atoms with Gasteiger partial charge in [-0.3, -0.25) is 0 Å².